The van der Waals surface area contributed by atoms with Crippen LogP contribution in [-0.2, 0) is 9.84 Å². The van der Waals surface area contributed by atoms with Gasteiger partial charge in [-0.1, -0.05) is 34.1 Å². The van der Waals surface area contributed by atoms with Gasteiger partial charge >= 0.3 is 0 Å². The minimum atomic E-state index is -3.81. The van der Waals surface area contributed by atoms with Gasteiger partial charge in [-0.2, -0.15) is 4.98 Å². The molecule has 148 valence electrons. The van der Waals surface area contributed by atoms with Gasteiger partial charge in [0.1, 0.15) is 0 Å². The molecule has 0 aliphatic carbocycles. The summed E-state index contributed by atoms with van der Waals surface area (Å²) in [7, 11) is 0.177. The molecule has 0 atom stereocenters. The summed E-state index contributed by atoms with van der Waals surface area (Å²) >= 11 is 3.39. The Kier molecular flexibility index (Phi) is 6.53. The average Bonchev–Trinajstić information content (AvgIpc) is 3.11. The van der Waals surface area contributed by atoms with Crippen LogP contribution in [0, 0.1) is 0 Å². The van der Waals surface area contributed by atoms with Crippen molar-refractivity contribution in [3.8, 4) is 11.5 Å². The topological polar surface area (TPSA) is 75.4 Å². The lowest BCUT2D eigenvalue weighted by Gasteiger charge is -2.10. The zero-order valence-corrected chi connectivity index (χ0v) is 18.1. The third kappa shape index (κ3) is 4.81. The van der Waals surface area contributed by atoms with Gasteiger partial charge in [0.2, 0.25) is 26.6 Å². The second kappa shape index (κ2) is 8.89. The van der Waals surface area contributed by atoms with E-state index in [9.17, 15) is 8.42 Å². The lowest BCUT2D eigenvalue weighted by Crippen LogP contribution is -2.17. The average molecular weight is 464 g/mol. The van der Waals surface area contributed by atoms with Crippen LogP contribution in [0.4, 0.5) is 5.88 Å². The van der Waals surface area contributed by atoms with Crippen molar-refractivity contribution >= 4 is 31.7 Å². The highest BCUT2D eigenvalue weighted by Crippen LogP contribution is 2.32. The molecule has 1 aromatic heterocycles. The molecule has 1 N–H and O–H groups in total. The summed E-state index contributed by atoms with van der Waals surface area (Å²) in [5, 5.41) is 3.01. The van der Waals surface area contributed by atoms with Crippen LogP contribution in [0.1, 0.15) is 6.42 Å². The fourth-order valence-corrected chi connectivity index (χ4v) is 4.19. The fraction of sp³-hybridized carbons (Fsp3) is 0.250. The van der Waals surface area contributed by atoms with Crippen LogP contribution in [-0.4, -0.2) is 45.5 Å². The molecule has 0 spiro atoms. The molecule has 2 aromatic carbocycles. The molecule has 0 aliphatic rings. The third-order valence-electron chi connectivity index (χ3n) is 4.06. The molecule has 0 fully saturated rings. The molecular weight excluding hydrogens is 442 g/mol. The first-order valence-electron chi connectivity index (χ1n) is 8.83. The Morgan fingerprint density at radius 2 is 1.75 bits per heavy atom. The maximum Gasteiger partial charge on any atom is 0.233 e. The molecule has 28 heavy (non-hydrogen) atoms. The molecule has 0 saturated carbocycles. The van der Waals surface area contributed by atoms with Crippen LogP contribution in [0.2, 0.25) is 0 Å². The summed E-state index contributed by atoms with van der Waals surface area (Å²) in [6.45, 7) is 1.45. The number of rotatable bonds is 8. The van der Waals surface area contributed by atoms with E-state index in [0.717, 1.165) is 17.4 Å². The zero-order valence-electron chi connectivity index (χ0n) is 15.7. The van der Waals surface area contributed by atoms with Crippen molar-refractivity contribution in [3.05, 3.63) is 59.1 Å². The highest BCUT2D eigenvalue weighted by molar-refractivity contribution is 9.10. The zero-order chi connectivity index (χ0) is 20.1. The van der Waals surface area contributed by atoms with E-state index in [2.05, 4.69) is 31.1 Å². The van der Waals surface area contributed by atoms with Crippen molar-refractivity contribution in [3.63, 3.8) is 0 Å². The van der Waals surface area contributed by atoms with Gasteiger partial charge in [0.25, 0.3) is 0 Å². The number of halogens is 1. The van der Waals surface area contributed by atoms with E-state index in [4.69, 9.17) is 4.42 Å². The van der Waals surface area contributed by atoms with Gasteiger partial charge in [-0.25, -0.2) is 8.42 Å². The number of nitrogens with one attached hydrogen (secondary N) is 1. The first kappa shape index (κ1) is 20.6. The predicted octanol–water partition coefficient (Wildman–Crippen LogP) is 4.30. The second-order valence-corrected chi connectivity index (χ2v) is 9.34. The Balaban J connectivity index is 1.97. The Labute approximate surface area is 173 Å². The summed E-state index contributed by atoms with van der Waals surface area (Å²) in [6.07, 6.45) is 0.839. The van der Waals surface area contributed by atoms with Crippen molar-refractivity contribution in [1.82, 2.24) is 9.88 Å². The molecule has 3 rings (SSSR count). The Morgan fingerprint density at radius 3 is 2.39 bits per heavy atom. The molecule has 0 saturated heterocycles. The maximum absolute atomic E-state index is 13.1. The summed E-state index contributed by atoms with van der Waals surface area (Å²) in [5.74, 6) is 0.428. The lowest BCUT2D eigenvalue weighted by atomic mass is 10.2. The van der Waals surface area contributed by atoms with E-state index in [1.54, 1.807) is 30.3 Å². The highest BCUT2D eigenvalue weighted by atomic mass is 79.9. The first-order chi connectivity index (χ1) is 13.4. The van der Waals surface area contributed by atoms with E-state index < -0.39 is 9.84 Å². The number of oxazole rings is 1. The normalized spacial score (nSPS) is 11.7. The number of hydrogen-bond donors (Lipinski definition) is 1. The van der Waals surface area contributed by atoms with Crippen molar-refractivity contribution in [2.45, 2.75) is 16.3 Å². The summed E-state index contributed by atoms with van der Waals surface area (Å²) in [6, 6.07) is 15.6. The first-order valence-corrected chi connectivity index (χ1v) is 11.1. The van der Waals surface area contributed by atoms with Gasteiger partial charge in [-0.3, -0.25) is 0 Å². The molecule has 0 radical (unpaired) electrons. The van der Waals surface area contributed by atoms with Crippen LogP contribution in [0.15, 0.2) is 73.4 Å². The van der Waals surface area contributed by atoms with Crippen molar-refractivity contribution in [1.29, 1.82) is 0 Å². The molecular formula is C20H22BrN3O3S. The number of sulfone groups is 1. The molecule has 3 aromatic rings. The number of anilines is 1. The Hall–Kier alpha value is -2.16. The molecule has 1 heterocycles. The largest absolute Gasteiger partial charge is 0.419 e. The molecule has 0 unspecified atom stereocenters. The number of benzene rings is 2. The van der Waals surface area contributed by atoms with Gasteiger partial charge in [-0.15, -0.1) is 0 Å². The quantitative estimate of drug-likeness (QED) is 0.501. The van der Waals surface area contributed by atoms with Crippen LogP contribution in [0.5, 0.6) is 0 Å². The maximum atomic E-state index is 13.1. The Morgan fingerprint density at radius 1 is 1.07 bits per heavy atom. The number of hydrogen-bond acceptors (Lipinski definition) is 6. The minimum Gasteiger partial charge on any atom is -0.419 e. The third-order valence-corrected chi connectivity index (χ3v) is 6.27. The monoisotopic (exact) mass is 463 g/mol. The summed E-state index contributed by atoms with van der Waals surface area (Å²) < 4.78 is 33.0. The highest BCUT2D eigenvalue weighted by Gasteiger charge is 2.28. The molecule has 0 aliphatic heterocycles. The molecule has 0 amide bonds. The fourth-order valence-electron chi connectivity index (χ4n) is 2.62. The summed E-state index contributed by atoms with van der Waals surface area (Å²) in [4.78, 5) is 6.58. The predicted molar refractivity (Wildman–Crippen MR) is 113 cm³/mol. The van der Waals surface area contributed by atoms with E-state index in [1.807, 2.05) is 38.4 Å². The molecule has 6 nitrogen and oxygen atoms in total. The SMILES string of the molecule is CN(C)CCCNc1oc(-c2ccc(Br)cc2)nc1S(=O)(=O)c1ccccc1. The van der Waals surface area contributed by atoms with Gasteiger partial charge < -0.3 is 14.6 Å². The van der Waals surface area contributed by atoms with Gasteiger partial charge in [0, 0.05) is 16.6 Å². The van der Waals surface area contributed by atoms with Gasteiger partial charge in [0.15, 0.2) is 0 Å². The van der Waals surface area contributed by atoms with Crippen LogP contribution >= 0.6 is 15.9 Å². The standard InChI is InChI=1S/C20H22BrN3O3S/c1-24(2)14-6-13-22-19-20(28(25,26)17-7-4-3-5-8-17)23-18(27-19)15-9-11-16(21)12-10-15/h3-5,7-12,22H,6,13-14H2,1-2H3. The Bertz CT molecular complexity index is 1020. The smallest absolute Gasteiger partial charge is 0.233 e. The van der Waals surface area contributed by atoms with E-state index >= 15 is 0 Å². The molecule has 8 heteroatoms. The van der Waals surface area contributed by atoms with Crippen LogP contribution in [0.3, 0.4) is 0 Å². The van der Waals surface area contributed by atoms with Gasteiger partial charge in [-0.05, 0) is 63.5 Å². The van der Waals surface area contributed by atoms with E-state index in [1.165, 1.54) is 0 Å². The van der Waals surface area contributed by atoms with E-state index in [0.29, 0.717) is 12.1 Å². The van der Waals surface area contributed by atoms with Crippen molar-refractivity contribution in [2.24, 2.45) is 0 Å². The van der Waals surface area contributed by atoms with Crippen molar-refractivity contribution in [2.75, 3.05) is 32.5 Å². The minimum absolute atomic E-state index is 0.0959. The second-order valence-electron chi connectivity index (χ2n) is 6.56. The number of aromatic nitrogens is 1. The number of nitrogens with zero attached hydrogens (tertiary/aromatic N) is 2. The summed E-state index contributed by atoms with van der Waals surface area (Å²) in [5.41, 5.74) is 0.703. The van der Waals surface area contributed by atoms with Crippen molar-refractivity contribution < 1.29 is 12.8 Å². The van der Waals surface area contributed by atoms with E-state index in [-0.39, 0.29) is 21.7 Å². The van der Waals surface area contributed by atoms with Gasteiger partial charge in [0.05, 0.1) is 4.90 Å². The lowest BCUT2D eigenvalue weighted by molar-refractivity contribution is 0.404. The molecule has 0 bridgehead atoms. The van der Waals surface area contributed by atoms with Crippen LogP contribution < -0.4 is 5.32 Å². The van der Waals surface area contributed by atoms with Crippen LogP contribution in [0.25, 0.3) is 11.5 Å².